The highest BCUT2D eigenvalue weighted by atomic mass is 28.4. The molecule has 0 aromatic carbocycles. The molecule has 0 fully saturated rings. The zero-order valence-electron chi connectivity index (χ0n) is 14.8. The molecule has 1 amide bonds. The van der Waals surface area contributed by atoms with Gasteiger partial charge in [-0.15, -0.1) is 0 Å². The van der Waals surface area contributed by atoms with Crippen LogP contribution in [0.5, 0.6) is 0 Å². The van der Waals surface area contributed by atoms with Crippen LogP contribution in [0.1, 0.15) is 38.9 Å². The number of amides is 1. The van der Waals surface area contributed by atoms with Crippen molar-refractivity contribution < 1.29 is 23.8 Å². The lowest BCUT2D eigenvalue weighted by molar-refractivity contribution is 0.0844. The molecular formula is C16H27FN2O4Si. The van der Waals surface area contributed by atoms with Crippen LogP contribution >= 0.6 is 0 Å². The predicted molar refractivity (Wildman–Crippen MR) is 91.9 cm³/mol. The van der Waals surface area contributed by atoms with Crippen LogP contribution in [-0.4, -0.2) is 42.3 Å². The molecule has 0 bridgehead atoms. The Kier molecular flexibility index (Phi) is 6.88. The summed E-state index contributed by atoms with van der Waals surface area (Å²) in [4.78, 5) is 14.5. The molecule has 1 aromatic heterocycles. The van der Waals surface area contributed by atoms with Gasteiger partial charge in [0.25, 0.3) is 0 Å². The van der Waals surface area contributed by atoms with Gasteiger partial charge in [0.2, 0.25) is 0 Å². The van der Waals surface area contributed by atoms with Crippen LogP contribution in [0.4, 0.5) is 9.18 Å². The van der Waals surface area contributed by atoms with Crippen LogP contribution in [0.25, 0.3) is 0 Å². The van der Waals surface area contributed by atoms with E-state index in [1.54, 1.807) is 0 Å². The topological polar surface area (TPSA) is 91.7 Å². The second-order valence-electron chi connectivity index (χ2n) is 7.37. The number of aliphatic hydroxyl groups is 1. The molecule has 0 aliphatic carbocycles. The number of hydrogen-bond acceptors (Lipinski definition) is 4. The van der Waals surface area contributed by atoms with Gasteiger partial charge in [-0.25, -0.2) is 9.18 Å². The summed E-state index contributed by atoms with van der Waals surface area (Å²) in [6.07, 6.45) is -0.0505. The molecule has 0 aliphatic heterocycles. The Bertz CT molecular complexity index is 563. The Morgan fingerprint density at radius 3 is 2.54 bits per heavy atom. The van der Waals surface area contributed by atoms with Gasteiger partial charge < -0.3 is 20.0 Å². The summed E-state index contributed by atoms with van der Waals surface area (Å²) in [5.41, 5.74) is 0.342. The summed E-state index contributed by atoms with van der Waals surface area (Å²) in [5.74, 6) is -0.530. The Labute approximate surface area is 143 Å². The first kappa shape index (κ1) is 20.5. The van der Waals surface area contributed by atoms with Gasteiger partial charge in [-0.3, -0.25) is 4.98 Å². The number of nitrogens with one attached hydrogen (secondary N) is 1. The fraction of sp³-hybridized carbons (Fsp3) is 0.625. The van der Waals surface area contributed by atoms with E-state index >= 15 is 0 Å². The van der Waals surface area contributed by atoms with Crippen LogP contribution < -0.4 is 5.32 Å². The van der Waals surface area contributed by atoms with Crippen molar-refractivity contribution in [3.05, 3.63) is 29.8 Å². The first-order valence-corrected chi connectivity index (χ1v) is 10.8. The number of halogens is 1. The summed E-state index contributed by atoms with van der Waals surface area (Å²) >= 11 is 0. The van der Waals surface area contributed by atoms with Crippen molar-refractivity contribution in [2.24, 2.45) is 0 Å². The van der Waals surface area contributed by atoms with Crippen molar-refractivity contribution in [3.63, 3.8) is 0 Å². The molecule has 3 N–H and O–H groups in total. The van der Waals surface area contributed by atoms with E-state index in [-0.39, 0.29) is 18.0 Å². The highest BCUT2D eigenvalue weighted by Gasteiger charge is 2.39. The van der Waals surface area contributed by atoms with Crippen LogP contribution in [-0.2, 0) is 4.43 Å². The van der Waals surface area contributed by atoms with Crippen molar-refractivity contribution in [2.75, 3.05) is 6.54 Å². The molecule has 1 heterocycles. The van der Waals surface area contributed by atoms with E-state index in [1.165, 1.54) is 12.3 Å². The van der Waals surface area contributed by atoms with Crippen molar-refractivity contribution in [1.82, 2.24) is 10.3 Å². The van der Waals surface area contributed by atoms with Crippen molar-refractivity contribution in [1.29, 1.82) is 0 Å². The third kappa shape index (κ3) is 6.18. The van der Waals surface area contributed by atoms with Gasteiger partial charge >= 0.3 is 6.09 Å². The average Bonchev–Trinajstić information content (AvgIpc) is 2.43. The molecule has 0 radical (unpaired) electrons. The fourth-order valence-corrected chi connectivity index (χ4v) is 3.33. The molecule has 2 atom stereocenters. The minimum atomic E-state index is -2.15. The van der Waals surface area contributed by atoms with E-state index in [0.29, 0.717) is 5.56 Å². The number of aliphatic hydroxyl groups excluding tert-OH is 1. The molecule has 0 aliphatic rings. The number of nitrogens with zero attached hydrogens (tertiary/aromatic N) is 1. The Morgan fingerprint density at radius 2 is 2.04 bits per heavy atom. The van der Waals surface area contributed by atoms with Crippen molar-refractivity contribution in [3.8, 4) is 0 Å². The highest BCUT2D eigenvalue weighted by molar-refractivity contribution is 6.74. The SMILES string of the molecule is CC(C)(C)[Si](C)(C)O[C@@H](CNC(=O)O)CC(O)c1cncc(F)c1. The highest BCUT2D eigenvalue weighted by Crippen LogP contribution is 2.38. The number of aromatic nitrogens is 1. The Morgan fingerprint density at radius 1 is 1.42 bits per heavy atom. The second kappa shape index (κ2) is 8.04. The third-order valence-electron chi connectivity index (χ3n) is 4.35. The largest absolute Gasteiger partial charge is 0.465 e. The molecule has 8 heteroatoms. The van der Waals surface area contributed by atoms with Gasteiger partial charge in [0.1, 0.15) is 5.82 Å². The number of hydrogen-bond donors (Lipinski definition) is 3. The van der Waals surface area contributed by atoms with E-state index in [4.69, 9.17) is 9.53 Å². The maximum atomic E-state index is 13.3. The average molecular weight is 358 g/mol. The number of carboxylic acid groups (broad SMARTS) is 1. The van der Waals surface area contributed by atoms with Gasteiger partial charge in [0, 0.05) is 24.7 Å². The lowest BCUT2D eigenvalue weighted by Crippen LogP contribution is -2.47. The number of rotatable bonds is 7. The fourth-order valence-electron chi connectivity index (χ4n) is 1.96. The summed E-state index contributed by atoms with van der Waals surface area (Å²) in [5, 5.41) is 21.4. The summed E-state index contributed by atoms with van der Waals surface area (Å²) in [6, 6.07) is 1.21. The van der Waals surface area contributed by atoms with E-state index < -0.39 is 32.4 Å². The number of carbonyl (C=O) groups is 1. The maximum Gasteiger partial charge on any atom is 0.404 e. The smallest absolute Gasteiger partial charge is 0.404 e. The van der Waals surface area contributed by atoms with E-state index in [9.17, 15) is 14.3 Å². The molecule has 0 saturated carbocycles. The molecular weight excluding hydrogens is 331 g/mol. The van der Waals surface area contributed by atoms with Crippen LogP contribution in [0.15, 0.2) is 18.5 Å². The van der Waals surface area contributed by atoms with E-state index in [2.05, 4.69) is 44.2 Å². The molecule has 1 aromatic rings. The summed E-state index contributed by atoms with van der Waals surface area (Å²) in [6.45, 7) is 10.4. The molecule has 136 valence electrons. The third-order valence-corrected chi connectivity index (χ3v) is 8.88. The van der Waals surface area contributed by atoms with Gasteiger partial charge in [-0.05, 0) is 24.2 Å². The van der Waals surface area contributed by atoms with Gasteiger partial charge in [0.05, 0.1) is 18.4 Å². The zero-order valence-corrected chi connectivity index (χ0v) is 15.8. The Balaban J connectivity index is 2.87. The predicted octanol–water partition coefficient (Wildman–Crippen LogP) is 3.30. The molecule has 0 saturated heterocycles. The lowest BCUT2D eigenvalue weighted by atomic mass is 10.1. The molecule has 1 unspecified atom stereocenters. The summed E-state index contributed by atoms with van der Waals surface area (Å²) in [7, 11) is -2.15. The molecule has 6 nitrogen and oxygen atoms in total. The quantitative estimate of drug-likeness (QED) is 0.651. The van der Waals surface area contributed by atoms with Crippen molar-refractivity contribution in [2.45, 2.75) is 57.5 Å². The Hall–Kier alpha value is -1.51. The summed E-state index contributed by atoms with van der Waals surface area (Å²) < 4.78 is 19.5. The number of pyridine rings is 1. The molecule has 0 spiro atoms. The minimum absolute atomic E-state index is 0.0557. The lowest BCUT2D eigenvalue weighted by Gasteiger charge is -2.39. The maximum absolute atomic E-state index is 13.3. The van der Waals surface area contributed by atoms with E-state index in [0.717, 1.165) is 6.20 Å². The first-order valence-electron chi connectivity index (χ1n) is 7.85. The van der Waals surface area contributed by atoms with Crippen LogP contribution in [0, 0.1) is 5.82 Å². The van der Waals surface area contributed by atoms with Gasteiger partial charge in [-0.2, -0.15) is 0 Å². The van der Waals surface area contributed by atoms with Gasteiger partial charge in [-0.1, -0.05) is 20.8 Å². The second-order valence-corrected chi connectivity index (χ2v) is 12.1. The van der Waals surface area contributed by atoms with Crippen molar-refractivity contribution >= 4 is 14.4 Å². The van der Waals surface area contributed by atoms with Crippen LogP contribution in [0.2, 0.25) is 18.1 Å². The minimum Gasteiger partial charge on any atom is -0.465 e. The first-order chi connectivity index (χ1) is 10.9. The standard InChI is InChI=1S/C16H27FN2O4Si/c1-16(2,3)24(4,5)23-13(10-19-15(21)22)7-14(20)11-6-12(17)9-18-8-11/h6,8-9,13-14,19-20H,7,10H2,1-5H3,(H,21,22)/t13-,14?/m1/s1. The zero-order chi connectivity index (χ0) is 18.5. The van der Waals surface area contributed by atoms with Gasteiger partial charge in [0.15, 0.2) is 8.32 Å². The molecule has 24 heavy (non-hydrogen) atoms. The molecule has 1 rings (SSSR count). The van der Waals surface area contributed by atoms with E-state index in [1.807, 2.05) is 0 Å². The monoisotopic (exact) mass is 358 g/mol. The van der Waals surface area contributed by atoms with Crippen LogP contribution in [0.3, 0.4) is 0 Å². The normalized spacial score (nSPS) is 15.0.